The van der Waals surface area contributed by atoms with Crippen molar-refractivity contribution in [3.63, 3.8) is 0 Å². The Hall–Kier alpha value is -3.42. The second-order valence-electron chi connectivity index (χ2n) is 6.08. The fourth-order valence-corrected chi connectivity index (χ4v) is 3.05. The molecule has 2 aromatic carbocycles. The molecule has 0 aliphatic carbocycles. The van der Waals surface area contributed by atoms with Crippen LogP contribution in [-0.2, 0) is 13.2 Å². The van der Waals surface area contributed by atoms with Gasteiger partial charge in [-0.1, -0.05) is 24.3 Å². The van der Waals surface area contributed by atoms with Crippen molar-refractivity contribution in [1.29, 1.82) is 0 Å². The van der Waals surface area contributed by atoms with Crippen LogP contribution in [0.3, 0.4) is 0 Å². The van der Waals surface area contributed by atoms with E-state index in [9.17, 15) is 22.8 Å². The number of aromatic nitrogens is 3. The Bertz CT molecular complexity index is 1270. The molecule has 0 unspecified atom stereocenters. The first-order chi connectivity index (χ1) is 12.8. The maximum Gasteiger partial charge on any atom is 0.416 e. The summed E-state index contributed by atoms with van der Waals surface area (Å²) < 4.78 is 41.8. The average Bonchev–Trinajstić information content (AvgIpc) is 2.64. The molecule has 0 spiro atoms. The average molecular weight is 371 g/mol. The van der Waals surface area contributed by atoms with Gasteiger partial charge in [-0.3, -0.25) is 13.9 Å². The highest BCUT2D eigenvalue weighted by Gasteiger charge is 2.31. The smallest absolute Gasteiger partial charge is 0.294 e. The fraction of sp³-hybridized carbons (Fsp3) is 0.105. The van der Waals surface area contributed by atoms with Crippen molar-refractivity contribution in [2.75, 3.05) is 0 Å². The fourth-order valence-electron chi connectivity index (χ4n) is 3.05. The highest BCUT2D eigenvalue weighted by molar-refractivity contribution is 5.87. The lowest BCUT2D eigenvalue weighted by Crippen LogP contribution is -2.35. The maximum atomic E-state index is 13.2. The number of benzene rings is 2. The Labute approximate surface area is 150 Å². The van der Waals surface area contributed by atoms with E-state index in [0.717, 1.165) is 16.7 Å². The zero-order chi connectivity index (χ0) is 19.3. The number of fused-ring (bicyclic) bond motifs is 2. The normalized spacial score (nSPS) is 12.0. The molecule has 0 saturated carbocycles. The van der Waals surface area contributed by atoms with Crippen molar-refractivity contribution < 1.29 is 13.2 Å². The standard InChI is InChI=1S/C19H12F3N3O2/c1-24-17(26)14-9-11-5-2-3-8-15(11)25(16(14)23-18(24)27)13-7-4-6-12(10-13)19(20,21)22/h2-10H,1H3. The molecule has 136 valence electrons. The van der Waals surface area contributed by atoms with E-state index in [4.69, 9.17) is 0 Å². The van der Waals surface area contributed by atoms with Crippen LogP contribution in [0.4, 0.5) is 13.2 Å². The van der Waals surface area contributed by atoms with Gasteiger partial charge in [-0.05, 0) is 35.7 Å². The van der Waals surface area contributed by atoms with Crippen LogP contribution in [0.5, 0.6) is 0 Å². The van der Waals surface area contributed by atoms with Crippen LogP contribution in [0.15, 0.2) is 64.2 Å². The number of hydrogen-bond acceptors (Lipinski definition) is 3. The summed E-state index contributed by atoms with van der Waals surface area (Å²) in [5, 5.41) is 0.639. The van der Waals surface area contributed by atoms with Crippen molar-refractivity contribution in [2.45, 2.75) is 6.18 Å². The van der Waals surface area contributed by atoms with E-state index in [1.54, 1.807) is 30.3 Å². The van der Waals surface area contributed by atoms with E-state index >= 15 is 0 Å². The monoisotopic (exact) mass is 371 g/mol. The quantitative estimate of drug-likeness (QED) is 0.483. The summed E-state index contributed by atoms with van der Waals surface area (Å²) in [6.45, 7) is 0. The van der Waals surface area contributed by atoms with Crippen LogP contribution < -0.4 is 11.2 Å². The van der Waals surface area contributed by atoms with Gasteiger partial charge in [-0.2, -0.15) is 18.2 Å². The summed E-state index contributed by atoms with van der Waals surface area (Å²) >= 11 is 0. The molecule has 0 bridgehead atoms. The summed E-state index contributed by atoms with van der Waals surface area (Å²) in [6, 6.07) is 13.2. The van der Waals surface area contributed by atoms with E-state index in [0.29, 0.717) is 10.9 Å². The third-order valence-electron chi connectivity index (χ3n) is 4.39. The van der Waals surface area contributed by atoms with Crippen LogP contribution in [0.1, 0.15) is 5.56 Å². The van der Waals surface area contributed by atoms with Gasteiger partial charge in [-0.25, -0.2) is 4.79 Å². The number of pyridine rings is 1. The van der Waals surface area contributed by atoms with E-state index in [1.807, 2.05) is 0 Å². The maximum absolute atomic E-state index is 13.2. The summed E-state index contributed by atoms with van der Waals surface area (Å²) in [4.78, 5) is 28.5. The molecule has 2 aromatic rings. The summed E-state index contributed by atoms with van der Waals surface area (Å²) in [5.74, 6) is 0.0149. The van der Waals surface area contributed by atoms with Crippen LogP contribution >= 0.6 is 0 Å². The Morgan fingerprint density at radius 1 is 0.963 bits per heavy atom. The Morgan fingerprint density at radius 2 is 1.70 bits per heavy atom. The first-order valence-corrected chi connectivity index (χ1v) is 7.96. The summed E-state index contributed by atoms with van der Waals surface area (Å²) in [7, 11) is 1.31. The zero-order valence-electron chi connectivity index (χ0n) is 14.0. The number of nitrogens with zero attached hydrogens (tertiary/aromatic N) is 3. The Morgan fingerprint density at radius 3 is 2.44 bits per heavy atom. The highest BCUT2D eigenvalue weighted by Crippen LogP contribution is 2.33. The van der Waals surface area contributed by atoms with E-state index in [1.165, 1.54) is 23.7 Å². The Balaban J connectivity index is 2.19. The van der Waals surface area contributed by atoms with Crippen molar-refractivity contribution in [1.82, 2.24) is 14.1 Å². The van der Waals surface area contributed by atoms with Gasteiger partial charge >= 0.3 is 11.9 Å². The third kappa shape index (κ3) is 2.69. The number of halogens is 3. The number of para-hydroxylation sites is 1. The lowest BCUT2D eigenvalue weighted by molar-refractivity contribution is -0.137. The second-order valence-corrected chi connectivity index (χ2v) is 6.08. The molecule has 0 N–H and O–H groups in total. The van der Waals surface area contributed by atoms with Crippen molar-refractivity contribution in [3.05, 3.63) is 81.0 Å². The molecule has 0 radical (unpaired) electrons. The van der Waals surface area contributed by atoms with Gasteiger partial charge in [0.15, 0.2) is 5.82 Å². The second kappa shape index (κ2) is 5.80. The van der Waals surface area contributed by atoms with Gasteiger partial charge in [0.2, 0.25) is 0 Å². The molecular weight excluding hydrogens is 359 g/mol. The van der Waals surface area contributed by atoms with Gasteiger partial charge in [-0.15, -0.1) is 0 Å². The molecule has 0 amide bonds. The van der Waals surface area contributed by atoms with Gasteiger partial charge < -0.3 is 0 Å². The molecule has 5 nitrogen and oxygen atoms in total. The van der Waals surface area contributed by atoms with Crippen LogP contribution in [0.25, 0.3) is 28.0 Å². The topological polar surface area (TPSA) is 56.9 Å². The highest BCUT2D eigenvalue weighted by atomic mass is 19.4. The first kappa shape index (κ1) is 17.0. The molecule has 0 aromatic heterocycles. The summed E-state index contributed by atoms with van der Waals surface area (Å²) in [5.41, 5.74) is -1.33. The molecule has 2 heterocycles. The molecule has 0 saturated heterocycles. The molecule has 0 fully saturated rings. The predicted molar refractivity (Wildman–Crippen MR) is 94.2 cm³/mol. The van der Waals surface area contributed by atoms with Crippen LogP contribution in [-0.4, -0.2) is 14.1 Å². The van der Waals surface area contributed by atoms with Gasteiger partial charge in [0.1, 0.15) is 0 Å². The van der Waals surface area contributed by atoms with Gasteiger partial charge in [0.05, 0.1) is 16.6 Å². The SMILES string of the molecule is Cn1c(=O)nc2n(-c3cccc(C(F)(F)F)c3)c3ccccc3cc-2c1=O. The minimum Gasteiger partial charge on any atom is -0.294 e. The molecule has 2 aliphatic heterocycles. The number of hydrogen-bond donors (Lipinski definition) is 0. The third-order valence-corrected chi connectivity index (χ3v) is 4.39. The van der Waals surface area contributed by atoms with Crippen molar-refractivity contribution in [2.24, 2.45) is 7.05 Å². The van der Waals surface area contributed by atoms with Crippen LogP contribution in [0.2, 0.25) is 0 Å². The van der Waals surface area contributed by atoms with Crippen LogP contribution in [0, 0.1) is 0 Å². The van der Waals surface area contributed by atoms with Crippen molar-refractivity contribution in [3.8, 4) is 17.1 Å². The van der Waals surface area contributed by atoms with E-state index in [2.05, 4.69) is 4.98 Å². The minimum atomic E-state index is -4.52. The first-order valence-electron chi connectivity index (χ1n) is 7.96. The lowest BCUT2D eigenvalue weighted by atomic mass is 10.1. The van der Waals surface area contributed by atoms with Gasteiger partial charge in [0, 0.05) is 12.7 Å². The molecule has 27 heavy (non-hydrogen) atoms. The molecule has 0 atom stereocenters. The lowest BCUT2D eigenvalue weighted by Gasteiger charge is -2.19. The van der Waals surface area contributed by atoms with E-state index in [-0.39, 0.29) is 17.1 Å². The number of alkyl halides is 3. The molecule has 4 rings (SSSR count). The van der Waals surface area contributed by atoms with Crippen molar-refractivity contribution >= 4 is 10.9 Å². The molecule has 2 aliphatic rings. The molecule has 8 heteroatoms. The largest absolute Gasteiger partial charge is 0.416 e. The van der Waals surface area contributed by atoms with E-state index < -0.39 is 23.0 Å². The Kier molecular flexibility index (Phi) is 3.66. The summed E-state index contributed by atoms with van der Waals surface area (Å²) in [6.07, 6.45) is -4.52. The zero-order valence-corrected chi connectivity index (χ0v) is 14.0. The molecular formula is C19H12F3N3O2. The van der Waals surface area contributed by atoms with Gasteiger partial charge in [0.25, 0.3) is 5.56 Å². The number of rotatable bonds is 1. The predicted octanol–water partition coefficient (Wildman–Crippen LogP) is 3.21. The minimum absolute atomic E-state index is 0.0149.